The van der Waals surface area contributed by atoms with E-state index in [1.165, 1.54) is 17.7 Å². The zero-order valence-electron chi connectivity index (χ0n) is 18.7. The lowest BCUT2D eigenvalue weighted by molar-refractivity contribution is -0.139. The van der Waals surface area contributed by atoms with Crippen molar-refractivity contribution in [3.8, 4) is 5.75 Å². The van der Waals surface area contributed by atoms with Gasteiger partial charge in [0.1, 0.15) is 11.6 Å². The first-order valence-electron chi connectivity index (χ1n) is 10.6. The van der Waals surface area contributed by atoms with Gasteiger partial charge in [-0.2, -0.15) is 0 Å². The third-order valence-corrected chi connectivity index (χ3v) is 5.82. The second-order valence-corrected chi connectivity index (χ2v) is 9.36. The van der Waals surface area contributed by atoms with Crippen molar-refractivity contribution in [1.82, 2.24) is 9.80 Å². The van der Waals surface area contributed by atoms with Gasteiger partial charge in [-0.05, 0) is 54.7 Å². The van der Waals surface area contributed by atoms with Crippen molar-refractivity contribution in [1.29, 1.82) is 0 Å². The van der Waals surface area contributed by atoms with E-state index in [0.717, 1.165) is 18.7 Å². The average Bonchev–Trinajstić information content (AvgIpc) is 2.70. The maximum Gasteiger partial charge on any atom is 0.260 e. The summed E-state index contributed by atoms with van der Waals surface area (Å²) in [5.74, 6) is 0.506. The standard InChI is InChI=1S/C25H33FN2O2/c1-18-15-28(19(2)14-27(18)16-20-6-10-22(26)11-7-20)24(29)17-30-23-12-8-21(9-13-23)25(3,4)5/h6-13,18-19H,14-17H2,1-5H3. The first-order chi connectivity index (χ1) is 14.1. The highest BCUT2D eigenvalue weighted by molar-refractivity contribution is 5.78. The number of halogens is 1. The molecule has 1 amide bonds. The number of ether oxygens (including phenoxy) is 1. The molecule has 0 aromatic heterocycles. The van der Waals surface area contributed by atoms with Crippen molar-refractivity contribution in [2.45, 2.75) is 58.7 Å². The predicted octanol–water partition coefficient (Wildman–Crippen LogP) is 4.62. The van der Waals surface area contributed by atoms with Crippen LogP contribution in [0.2, 0.25) is 0 Å². The molecule has 2 aromatic carbocycles. The summed E-state index contributed by atoms with van der Waals surface area (Å²) in [6.45, 7) is 13.0. The fourth-order valence-corrected chi connectivity index (χ4v) is 3.87. The Bertz CT molecular complexity index is 843. The number of rotatable bonds is 5. The second kappa shape index (κ2) is 9.17. The van der Waals surface area contributed by atoms with Gasteiger partial charge < -0.3 is 9.64 Å². The molecule has 0 bridgehead atoms. The Morgan fingerprint density at radius 2 is 1.63 bits per heavy atom. The third-order valence-electron chi connectivity index (χ3n) is 5.82. The SMILES string of the molecule is CC1CN(C(=O)COc2ccc(C(C)(C)C)cc2)C(C)CN1Cc1ccc(F)cc1. The van der Waals surface area contributed by atoms with Crippen LogP contribution in [0, 0.1) is 5.82 Å². The maximum absolute atomic E-state index is 13.1. The van der Waals surface area contributed by atoms with Crippen LogP contribution in [0.25, 0.3) is 0 Å². The predicted molar refractivity (Wildman–Crippen MR) is 118 cm³/mol. The van der Waals surface area contributed by atoms with Gasteiger partial charge in [-0.15, -0.1) is 0 Å². The molecule has 1 saturated heterocycles. The van der Waals surface area contributed by atoms with Gasteiger partial charge in [0.05, 0.1) is 0 Å². The van der Waals surface area contributed by atoms with E-state index in [4.69, 9.17) is 4.74 Å². The fourth-order valence-electron chi connectivity index (χ4n) is 3.87. The van der Waals surface area contributed by atoms with Crippen LogP contribution in [0.4, 0.5) is 4.39 Å². The Morgan fingerprint density at radius 1 is 1.00 bits per heavy atom. The number of piperazine rings is 1. The summed E-state index contributed by atoms with van der Waals surface area (Å²) in [4.78, 5) is 17.0. The molecule has 3 rings (SSSR count). The Balaban J connectivity index is 1.53. The first kappa shape index (κ1) is 22.3. The number of hydrogen-bond acceptors (Lipinski definition) is 3. The molecule has 1 heterocycles. The molecule has 0 saturated carbocycles. The number of benzene rings is 2. The molecule has 1 fully saturated rings. The average molecular weight is 413 g/mol. The molecule has 162 valence electrons. The minimum Gasteiger partial charge on any atom is -0.484 e. The smallest absolute Gasteiger partial charge is 0.260 e. The summed E-state index contributed by atoms with van der Waals surface area (Å²) in [6, 6.07) is 14.9. The fraction of sp³-hybridized carbons (Fsp3) is 0.480. The van der Waals surface area contributed by atoms with Gasteiger partial charge >= 0.3 is 0 Å². The molecule has 0 spiro atoms. The molecule has 1 aliphatic heterocycles. The van der Waals surface area contributed by atoms with Crippen molar-refractivity contribution in [2.75, 3.05) is 19.7 Å². The van der Waals surface area contributed by atoms with E-state index in [1.807, 2.05) is 29.2 Å². The van der Waals surface area contributed by atoms with Gasteiger partial charge in [-0.25, -0.2) is 4.39 Å². The Labute approximate surface area is 179 Å². The highest BCUT2D eigenvalue weighted by Crippen LogP contribution is 2.24. The number of nitrogens with zero attached hydrogens (tertiary/aromatic N) is 2. The van der Waals surface area contributed by atoms with E-state index in [9.17, 15) is 9.18 Å². The lowest BCUT2D eigenvalue weighted by Crippen LogP contribution is -2.58. The second-order valence-electron chi connectivity index (χ2n) is 9.36. The normalized spacial score (nSPS) is 20.3. The molecule has 4 nitrogen and oxygen atoms in total. The number of carbonyl (C=O) groups is 1. The van der Waals surface area contributed by atoms with E-state index in [1.54, 1.807) is 0 Å². The van der Waals surface area contributed by atoms with Gasteiger partial charge in [0.25, 0.3) is 5.91 Å². The summed E-state index contributed by atoms with van der Waals surface area (Å²) >= 11 is 0. The highest BCUT2D eigenvalue weighted by Gasteiger charge is 2.32. The van der Waals surface area contributed by atoms with Gasteiger partial charge in [0, 0.05) is 31.7 Å². The van der Waals surface area contributed by atoms with Crippen LogP contribution < -0.4 is 4.74 Å². The minimum absolute atomic E-state index is 0.00989. The zero-order valence-corrected chi connectivity index (χ0v) is 18.7. The number of hydrogen-bond donors (Lipinski definition) is 0. The molecule has 30 heavy (non-hydrogen) atoms. The van der Waals surface area contributed by atoms with E-state index in [-0.39, 0.29) is 35.8 Å². The van der Waals surface area contributed by atoms with Crippen LogP contribution in [-0.4, -0.2) is 47.5 Å². The molecular weight excluding hydrogens is 379 g/mol. The molecule has 2 atom stereocenters. The molecule has 1 aliphatic rings. The Morgan fingerprint density at radius 3 is 2.23 bits per heavy atom. The lowest BCUT2D eigenvalue weighted by Gasteiger charge is -2.44. The van der Waals surface area contributed by atoms with Crippen LogP contribution in [0.3, 0.4) is 0 Å². The monoisotopic (exact) mass is 412 g/mol. The van der Waals surface area contributed by atoms with Crippen molar-refractivity contribution < 1.29 is 13.9 Å². The number of amides is 1. The molecule has 2 aromatic rings. The van der Waals surface area contributed by atoms with Gasteiger partial charge in [0.2, 0.25) is 0 Å². The molecular formula is C25H33FN2O2. The van der Waals surface area contributed by atoms with Crippen molar-refractivity contribution in [2.24, 2.45) is 0 Å². The topological polar surface area (TPSA) is 32.8 Å². The van der Waals surface area contributed by atoms with Crippen LogP contribution in [0.15, 0.2) is 48.5 Å². The quantitative estimate of drug-likeness (QED) is 0.718. The van der Waals surface area contributed by atoms with E-state index >= 15 is 0 Å². The van der Waals surface area contributed by atoms with Crippen LogP contribution in [-0.2, 0) is 16.8 Å². The molecule has 0 N–H and O–H groups in total. The summed E-state index contributed by atoms with van der Waals surface area (Å²) < 4.78 is 18.9. The minimum atomic E-state index is -0.219. The van der Waals surface area contributed by atoms with Crippen molar-refractivity contribution >= 4 is 5.91 Å². The van der Waals surface area contributed by atoms with E-state index < -0.39 is 0 Å². The maximum atomic E-state index is 13.1. The largest absolute Gasteiger partial charge is 0.484 e. The van der Waals surface area contributed by atoms with Crippen molar-refractivity contribution in [3.63, 3.8) is 0 Å². The molecule has 0 radical (unpaired) electrons. The molecule has 2 unspecified atom stereocenters. The van der Waals surface area contributed by atoms with Gasteiger partial charge in [-0.1, -0.05) is 45.0 Å². The van der Waals surface area contributed by atoms with Gasteiger partial charge in [-0.3, -0.25) is 9.69 Å². The number of carbonyl (C=O) groups excluding carboxylic acids is 1. The Kier molecular flexibility index (Phi) is 6.81. The summed E-state index contributed by atoms with van der Waals surface area (Å²) in [7, 11) is 0. The Hall–Kier alpha value is -2.40. The molecule has 5 heteroatoms. The van der Waals surface area contributed by atoms with Crippen LogP contribution >= 0.6 is 0 Å². The first-order valence-corrected chi connectivity index (χ1v) is 10.6. The van der Waals surface area contributed by atoms with Crippen molar-refractivity contribution in [3.05, 3.63) is 65.5 Å². The van der Waals surface area contributed by atoms with Gasteiger partial charge in [0.15, 0.2) is 6.61 Å². The zero-order chi connectivity index (χ0) is 21.9. The lowest BCUT2D eigenvalue weighted by atomic mass is 9.87. The summed E-state index contributed by atoms with van der Waals surface area (Å²) in [5.41, 5.74) is 2.41. The summed E-state index contributed by atoms with van der Waals surface area (Å²) in [6.07, 6.45) is 0. The van der Waals surface area contributed by atoms with Crippen LogP contribution in [0.1, 0.15) is 45.7 Å². The third kappa shape index (κ3) is 5.60. The van der Waals surface area contributed by atoms with E-state index in [0.29, 0.717) is 12.3 Å². The highest BCUT2D eigenvalue weighted by atomic mass is 19.1. The van der Waals surface area contributed by atoms with E-state index in [2.05, 4.69) is 51.7 Å². The summed E-state index contributed by atoms with van der Waals surface area (Å²) in [5, 5.41) is 0. The van der Waals surface area contributed by atoms with Crippen LogP contribution in [0.5, 0.6) is 5.75 Å². The molecule has 0 aliphatic carbocycles.